The molecule has 1 atom stereocenters. The van der Waals surface area contributed by atoms with Crippen molar-refractivity contribution in [3.05, 3.63) is 65.7 Å². The summed E-state index contributed by atoms with van der Waals surface area (Å²) in [7, 11) is 0. The summed E-state index contributed by atoms with van der Waals surface area (Å²) in [4.78, 5) is 12.3. The highest BCUT2D eigenvalue weighted by Gasteiger charge is 2.21. The van der Waals surface area contributed by atoms with Crippen LogP contribution in [0.1, 0.15) is 30.4 Å². The third-order valence-corrected chi connectivity index (χ3v) is 4.70. The maximum absolute atomic E-state index is 12.3. The van der Waals surface area contributed by atoms with E-state index in [4.69, 9.17) is 0 Å². The lowest BCUT2D eigenvalue weighted by Gasteiger charge is -2.17. The van der Waals surface area contributed by atoms with E-state index in [0.29, 0.717) is 0 Å². The molecule has 2 aliphatic rings. The van der Waals surface area contributed by atoms with Gasteiger partial charge >= 0.3 is 0 Å². The fourth-order valence-electron chi connectivity index (χ4n) is 3.50. The first-order valence-corrected chi connectivity index (χ1v) is 7.98. The highest BCUT2D eigenvalue weighted by molar-refractivity contribution is 5.93. The summed E-state index contributed by atoms with van der Waals surface area (Å²) in [5.74, 6) is 0.273. The van der Waals surface area contributed by atoms with Crippen molar-refractivity contribution >= 4 is 11.6 Å². The lowest BCUT2D eigenvalue weighted by molar-refractivity contribution is -0.120. The zero-order chi connectivity index (χ0) is 14.9. The molecule has 2 aliphatic carbocycles. The van der Waals surface area contributed by atoms with E-state index in [-0.39, 0.29) is 11.8 Å². The summed E-state index contributed by atoms with van der Waals surface area (Å²) in [6.45, 7) is 0. The van der Waals surface area contributed by atoms with E-state index < -0.39 is 0 Å². The van der Waals surface area contributed by atoms with Crippen LogP contribution in [0.5, 0.6) is 0 Å². The summed E-state index contributed by atoms with van der Waals surface area (Å²) >= 11 is 0. The van der Waals surface area contributed by atoms with Crippen LogP contribution in [-0.4, -0.2) is 5.91 Å². The fourth-order valence-corrected chi connectivity index (χ4v) is 3.50. The van der Waals surface area contributed by atoms with Gasteiger partial charge in [-0.05, 0) is 60.1 Å². The van der Waals surface area contributed by atoms with Crippen LogP contribution < -0.4 is 5.32 Å². The van der Waals surface area contributed by atoms with Crippen molar-refractivity contribution in [1.29, 1.82) is 0 Å². The second-order valence-corrected chi connectivity index (χ2v) is 6.18. The van der Waals surface area contributed by atoms with Gasteiger partial charge in [0.05, 0.1) is 0 Å². The Hall–Kier alpha value is -2.35. The number of amides is 1. The largest absolute Gasteiger partial charge is 0.326 e. The molecular formula is C20H19NO. The van der Waals surface area contributed by atoms with Crippen molar-refractivity contribution in [2.45, 2.75) is 25.7 Å². The minimum absolute atomic E-state index is 0.121. The third-order valence-electron chi connectivity index (χ3n) is 4.70. The Morgan fingerprint density at radius 2 is 1.86 bits per heavy atom. The first-order valence-electron chi connectivity index (χ1n) is 7.98. The van der Waals surface area contributed by atoms with Gasteiger partial charge < -0.3 is 5.32 Å². The quantitative estimate of drug-likeness (QED) is 0.689. The molecular weight excluding hydrogens is 270 g/mol. The van der Waals surface area contributed by atoms with Crippen molar-refractivity contribution in [1.82, 2.24) is 0 Å². The van der Waals surface area contributed by atoms with Gasteiger partial charge in [0.15, 0.2) is 0 Å². The van der Waals surface area contributed by atoms with Crippen molar-refractivity contribution in [2.75, 3.05) is 5.32 Å². The Kier molecular flexibility index (Phi) is 3.30. The second kappa shape index (κ2) is 5.45. The lowest BCUT2D eigenvalue weighted by atomic mass is 9.93. The minimum Gasteiger partial charge on any atom is -0.326 e. The van der Waals surface area contributed by atoms with Crippen molar-refractivity contribution in [2.24, 2.45) is 5.92 Å². The zero-order valence-electron chi connectivity index (χ0n) is 12.5. The molecule has 2 nitrogen and oxygen atoms in total. The molecule has 0 radical (unpaired) electrons. The number of carbonyl (C=O) groups excluding carboxylic acids is 1. The number of carbonyl (C=O) groups is 1. The first-order chi connectivity index (χ1) is 10.8. The van der Waals surface area contributed by atoms with Gasteiger partial charge in [-0.1, -0.05) is 42.5 Å². The zero-order valence-corrected chi connectivity index (χ0v) is 12.5. The highest BCUT2D eigenvalue weighted by Crippen LogP contribution is 2.37. The monoisotopic (exact) mass is 289 g/mol. The van der Waals surface area contributed by atoms with Crippen LogP contribution in [0, 0.1) is 5.92 Å². The molecule has 22 heavy (non-hydrogen) atoms. The van der Waals surface area contributed by atoms with Crippen LogP contribution in [0.25, 0.3) is 11.1 Å². The molecule has 0 bridgehead atoms. The molecule has 2 heteroatoms. The number of hydrogen-bond acceptors (Lipinski definition) is 1. The average molecular weight is 289 g/mol. The van der Waals surface area contributed by atoms with Gasteiger partial charge in [-0.2, -0.15) is 0 Å². The van der Waals surface area contributed by atoms with Gasteiger partial charge in [-0.15, -0.1) is 0 Å². The molecule has 0 heterocycles. The van der Waals surface area contributed by atoms with E-state index in [2.05, 4.69) is 53.9 Å². The second-order valence-electron chi connectivity index (χ2n) is 6.18. The molecule has 4 rings (SSSR count). The van der Waals surface area contributed by atoms with E-state index in [1.807, 2.05) is 6.07 Å². The summed E-state index contributed by atoms with van der Waals surface area (Å²) in [6, 6.07) is 14.8. The molecule has 1 unspecified atom stereocenters. The topological polar surface area (TPSA) is 29.1 Å². The Labute approximate surface area is 130 Å². The molecule has 0 fully saturated rings. The predicted molar refractivity (Wildman–Crippen MR) is 89.8 cm³/mol. The number of hydrogen-bond donors (Lipinski definition) is 1. The molecule has 0 saturated heterocycles. The Balaban J connectivity index is 1.54. The Bertz CT molecular complexity index is 760. The van der Waals surface area contributed by atoms with E-state index in [0.717, 1.165) is 31.4 Å². The van der Waals surface area contributed by atoms with Gasteiger partial charge in [-0.25, -0.2) is 0 Å². The number of allylic oxidation sites excluding steroid dienone is 2. The molecule has 1 N–H and O–H groups in total. The summed E-state index contributed by atoms with van der Waals surface area (Å²) in [5, 5.41) is 3.10. The molecule has 0 aliphatic heterocycles. The molecule has 110 valence electrons. The summed E-state index contributed by atoms with van der Waals surface area (Å²) < 4.78 is 0. The minimum atomic E-state index is 0.121. The molecule has 0 spiro atoms. The number of nitrogens with one attached hydrogen (secondary N) is 1. The van der Waals surface area contributed by atoms with Crippen LogP contribution in [0.15, 0.2) is 54.6 Å². The van der Waals surface area contributed by atoms with Gasteiger partial charge in [0.25, 0.3) is 0 Å². The standard InChI is InChI=1S/C20H19NO/c22-20(14-6-2-1-3-7-14)21-17-10-11-19-16(13-17)12-15-8-4-5-9-18(15)19/h1-2,4-5,8-11,13-14H,3,6-7,12H2,(H,21,22). The highest BCUT2D eigenvalue weighted by atomic mass is 16.1. The van der Waals surface area contributed by atoms with Crippen LogP contribution in [0.2, 0.25) is 0 Å². The van der Waals surface area contributed by atoms with Gasteiger partial charge in [-0.3, -0.25) is 4.79 Å². The van der Waals surface area contributed by atoms with Gasteiger partial charge in [0.2, 0.25) is 5.91 Å². The normalized spacial score (nSPS) is 18.6. The maximum Gasteiger partial charge on any atom is 0.227 e. The number of anilines is 1. The molecule has 2 aromatic rings. The van der Waals surface area contributed by atoms with Crippen LogP contribution >= 0.6 is 0 Å². The van der Waals surface area contributed by atoms with Crippen molar-refractivity contribution in [3.63, 3.8) is 0 Å². The number of benzene rings is 2. The van der Waals surface area contributed by atoms with E-state index in [9.17, 15) is 4.79 Å². The predicted octanol–water partition coefficient (Wildman–Crippen LogP) is 4.55. The maximum atomic E-state index is 12.3. The third kappa shape index (κ3) is 2.35. The van der Waals surface area contributed by atoms with E-state index in [1.165, 1.54) is 22.3 Å². The molecule has 1 amide bonds. The van der Waals surface area contributed by atoms with Crippen LogP contribution in [-0.2, 0) is 11.2 Å². The summed E-state index contributed by atoms with van der Waals surface area (Å²) in [5.41, 5.74) is 6.23. The smallest absolute Gasteiger partial charge is 0.227 e. The SMILES string of the molecule is O=C(Nc1ccc2c(c1)Cc1ccccc1-2)C1CC=CCC1. The number of fused-ring (bicyclic) bond motifs is 3. The number of rotatable bonds is 2. The van der Waals surface area contributed by atoms with Crippen LogP contribution in [0.4, 0.5) is 5.69 Å². The van der Waals surface area contributed by atoms with Gasteiger partial charge in [0.1, 0.15) is 0 Å². The fraction of sp³-hybridized carbons (Fsp3) is 0.250. The van der Waals surface area contributed by atoms with E-state index in [1.54, 1.807) is 0 Å². The molecule has 0 aromatic heterocycles. The average Bonchev–Trinajstić information content (AvgIpc) is 2.93. The molecule has 0 saturated carbocycles. The van der Waals surface area contributed by atoms with Crippen LogP contribution in [0.3, 0.4) is 0 Å². The first kappa shape index (κ1) is 13.3. The Morgan fingerprint density at radius 1 is 1.00 bits per heavy atom. The Morgan fingerprint density at radius 3 is 2.73 bits per heavy atom. The summed E-state index contributed by atoms with van der Waals surface area (Å²) in [6.07, 6.45) is 8.07. The lowest BCUT2D eigenvalue weighted by Crippen LogP contribution is -2.23. The van der Waals surface area contributed by atoms with Crippen molar-refractivity contribution in [3.8, 4) is 11.1 Å². The van der Waals surface area contributed by atoms with E-state index >= 15 is 0 Å². The van der Waals surface area contributed by atoms with Gasteiger partial charge in [0, 0.05) is 11.6 Å². The molecule has 2 aromatic carbocycles. The van der Waals surface area contributed by atoms with Crippen molar-refractivity contribution < 1.29 is 4.79 Å².